The van der Waals surface area contributed by atoms with Crippen LogP contribution in [0.4, 0.5) is 20.2 Å². The molecule has 2 amide bonds. The summed E-state index contributed by atoms with van der Waals surface area (Å²) in [5, 5.41) is 7.49. The third-order valence-electron chi connectivity index (χ3n) is 9.35. The quantitative estimate of drug-likeness (QED) is 0.406. The summed E-state index contributed by atoms with van der Waals surface area (Å²) < 4.78 is 28.9. The summed E-state index contributed by atoms with van der Waals surface area (Å²) in [6, 6.07) is 0.601. The Morgan fingerprint density at radius 3 is 2.48 bits per heavy atom. The average molecular weight is 562 g/mol. The van der Waals surface area contributed by atoms with Gasteiger partial charge in [-0.05, 0) is 51.6 Å². The van der Waals surface area contributed by atoms with Gasteiger partial charge in [0, 0.05) is 51.2 Å². The first kappa shape index (κ1) is 27.7. The number of hydrogen-bond acceptors (Lipinski definition) is 9. The summed E-state index contributed by atoms with van der Waals surface area (Å²) in [6.45, 7) is 5.27. The molecule has 40 heavy (non-hydrogen) atoms. The summed E-state index contributed by atoms with van der Waals surface area (Å²) >= 11 is 0. The molecule has 220 valence electrons. The minimum absolute atomic E-state index is 0.0761. The van der Waals surface area contributed by atoms with Crippen molar-refractivity contribution in [1.29, 1.82) is 0 Å². The molecule has 0 aliphatic carbocycles. The van der Waals surface area contributed by atoms with Crippen LogP contribution in [0.1, 0.15) is 38.5 Å². The number of carbonyl (C=O) groups excluding carboxylic acids is 2. The molecule has 0 radical (unpaired) electrons. The molecule has 0 bridgehead atoms. The molecule has 0 spiro atoms. The second kappa shape index (κ2) is 11.8. The van der Waals surface area contributed by atoms with E-state index in [1.54, 1.807) is 5.01 Å². The van der Waals surface area contributed by atoms with Crippen molar-refractivity contribution in [2.75, 3.05) is 62.6 Å². The molecule has 5 saturated heterocycles. The zero-order chi connectivity index (χ0) is 27.8. The van der Waals surface area contributed by atoms with Gasteiger partial charge in [0.2, 0.25) is 11.8 Å². The third-order valence-corrected chi connectivity index (χ3v) is 9.35. The topological polar surface area (TPSA) is 122 Å². The number of anilines is 2. The molecule has 0 aromatic carbocycles. The highest BCUT2D eigenvalue weighted by atomic mass is 19.1. The average Bonchev–Trinajstić information content (AvgIpc) is 3.60. The van der Waals surface area contributed by atoms with Crippen LogP contribution in [0, 0.1) is 17.7 Å². The van der Waals surface area contributed by atoms with E-state index in [0.29, 0.717) is 32.0 Å². The van der Waals surface area contributed by atoms with E-state index in [2.05, 4.69) is 25.9 Å². The summed E-state index contributed by atoms with van der Waals surface area (Å²) in [5.74, 6) is -1.49. The van der Waals surface area contributed by atoms with Gasteiger partial charge in [-0.3, -0.25) is 19.9 Å². The van der Waals surface area contributed by atoms with Crippen molar-refractivity contribution >= 4 is 23.2 Å². The molecule has 6 rings (SSSR count). The van der Waals surface area contributed by atoms with E-state index in [9.17, 15) is 14.0 Å². The van der Waals surface area contributed by atoms with Crippen LogP contribution >= 0.6 is 0 Å². The van der Waals surface area contributed by atoms with Crippen molar-refractivity contribution in [3.05, 3.63) is 18.2 Å². The summed E-state index contributed by atoms with van der Waals surface area (Å²) in [6.07, 6.45) is 6.24. The monoisotopic (exact) mass is 561 g/mol. The fourth-order valence-corrected chi connectivity index (χ4v) is 7.20. The lowest BCUT2D eigenvalue weighted by molar-refractivity contribution is -0.137. The van der Waals surface area contributed by atoms with Crippen LogP contribution in [0.3, 0.4) is 0 Å². The number of hydrogen-bond donors (Lipinski definition) is 4. The predicted molar refractivity (Wildman–Crippen MR) is 146 cm³/mol. The van der Waals surface area contributed by atoms with Crippen molar-refractivity contribution in [2.45, 2.75) is 63.1 Å². The number of carbonyl (C=O) groups is 2. The highest BCUT2D eigenvalue weighted by Gasteiger charge is 2.47. The fourth-order valence-electron chi connectivity index (χ4n) is 7.20. The van der Waals surface area contributed by atoms with Crippen LogP contribution in [0.15, 0.2) is 12.4 Å². The zero-order valence-electron chi connectivity index (χ0n) is 22.9. The van der Waals surface area contributed by atoms with Crippen LogP contribution in [0.5, 0.6) is 0 Å². The highest BCUT2D eigenvalue weighted by Crippen LogP contribution is 2.34. The van der Waals surface area contributed by atoms with E-state index in [1.807, 2.05) is 9.80 Å². The van der Waals surface area contributed by atoms with Crippen molar-refractivity contribution in [3.8, 4) is 0 Å². The first-order valence-corrected chi connectivity index (χ1v) is 14.8. The lowest BCUT2D eigenvalue weighted by Gasteiger charge is -2.40. The van der Waals surface area contributed by atoms with Crippen molar-refractivity contribution in [3.63, 3.8) is 0 Å². The van der Waals surface area contributed by atoms with Crippen LogP contribution < -0.4 is 26.7 Å². The number of likely N-dealkylation sites (tertiary alicyclic amines) is 2. The Hall–Kier alpha value is -2.45. The molecule has 5 aliphatic heterocycles. The van der Waals surface area contributed by atoms with Crippen LogP contribution in [-0.4, -0.2) is 109 Å². The summed E-state index contributed by atoms with van der Waals surface area (Å²) in [7, 11) is 0. The minimum Gasteiger partial charge on any atom is -0.367 e. The smallest absolute Gasteiger partial charge is 0.233 e. The van der Waals surface area contributed by atoms with Gasteiger partial charge in [-0.25, -0.2) is 19.2 Å². The lowest BCUT2D eigenvalue weighted by atomic mass is 9.93. The van der Waals surface area contributed by atoms with Gasteiger partial charge in [0.15, 0.2) is 5.82 Å². The number of nitrogens with two attached hydrogens (primary N) is 1. The third kappa shape index (κ3) is 5.54. The molecule has 1 aromatic heterocycles. The minimum atomic E-state index is -1.06. The fraction of sp³-hybridized carbons (Fsp3) is 0.741. The molecular weight excluding hydrogens is 520 g/mol. The van der Waals surface area contributed by atoms with Gasteiger partial charge in [-0.15, -0.1) is 0 Å². The van der Waals surface area contributed by atoms with Crippen molar-refractivity contribution in [2.24, 2.45) is 17.6 Å². The molecule has 1 aromatic rings. The van der Waals surface area contributed by atoms with Gasteiger partial charge in [0.25, 0.3) is 0 Å². The van der Waals surface area contributed by atoms with Crippen LogP contribution in [0.25, 0.3) is 0 Å². The number of amides is 2. The van der Waals surface area contributed by atoms with E-state index in [1.165, 1.54) is 32.1 Å². The Balaban J connectivity index is 1.06. The number of aromatic nitrogens is 1. The molecule has 5 fully saturated rings. The number of nitrogens with one attached hydrogen (secondary N) is 3. The number of piperidine rings is 2. The maximum atomic E-state index is 15.1. The van der Waals surface area contributed by atoms with Crippen molar-refractivity contribution < 1.29 is 18.4 Å². The molecular formula is C27H41F2N9O2. The number of pyridine rings is 1. The first-order valence-electron chi connectivity index (χ1n) is 14.8. The Bertz CT molecular complexity index is 1070. The van der Waals surface area contributed by atoms with E-state index in [-0.39, 0.29) is 36.3 Å². The number of halogens is 2. The Kier molecular flexibility index (Phi) is 8.18. The van der Waals surface area contributed by atoms with Gasteiger partial charge in [-0.2, -0.15) is 0 Å². The lowest BCUT2D eigenvalue weighted by Crippen LogP contribution is -2.58. The molecule has 13 heteroatoms. The molecule has 5 N–H and O–H groups in total. The Morgan fingerprint density at radius 2 is 1.75 bits per heavy atom. The number of nitrogens with zero attached hydrogens (tertiary/aromatic N) is 5. The molecule has 0 saturated carbocycles. The maximum Gasteiger partial charge on any atom is 0.233 e. The van der Waals surface area contributed by atoms with Crippen molar-refractivity contribution in [1.82, 2.24) is 30.5 Å². The maximum absolute atomic E-state index is 15.1. The Labute approximate surface area is 233 Å². The summed E-state index contributed by atoms with van der Waals surface area (Å²) in [5.41, 5.74) is 9.68. The van der Waals surface area contributed by atoms with Gasteiger partial charge < -0.3 is 25.8 Å². The van der Waals surface area contributed by atoms with Crippen LogP contribution in [0.2, 0.25) is 0 Å². The highest BCUT2D eigenvalue weighted by molar-refractivity contribution is 5.96. The van der Waals surface area contributed by atoms with E-state index in [4.69, 9.17) is 5.73 Å². The second-order valence-corrected chi connectivity index (χ2v) is 11.9. The predicted octanol–water partition coefficient (Wildman–Crippen LogP) is 0.451. The first-order chi connectivity index (χ1) is 19.4. The molecule has 4 atom stereocenters. The van der Waals surface area contributed by atoms with E-state index >= 15 is 4.39 Å². The van der Waals surface area contributed by atoms with E-state index < -0.39 is 36.1 Å². The SMILES string of the molecule is NC1NN2CC(F)CNC2C1C(=O)Nc1cncc(F)c1N1CCC(C(=O)N2CCC(N3CCCC3)CC2)CC1. The Morgan fingerprint density at radius 1 is 1.02 bits per heavy atom. The van der Waals surface area contributed by atoms with Crippen LogP contribution in [-0.2, 0) is 9.59 Å². The number of hydrazine groups is 1. The van der Waals surface area contributed by atoms with E-state index in [0.717, 1.165) is 32.1 Å². The molecule has 11 nitrogen and oxygen atoms in total. The number of alkyl halides is 1. The summed E-state index contributed by atoms with van der Waals surface area (Å²) in [4.78, 5) is 37.1. The molecule has 6 heterocycles. The standard InChI is InChI=1S/C27H41F2N9O2/c28-18-13-32-25-22(24(30)34-38(25)16-18)26(39)33-21-15-31-14-20(29)23(21)36-9-3-17(4-10-36)27(40)37-11-5-19(6-12-37)35-7-1-2-8-35/h14-15,17-19,22,24-25,32,34H,1-13,16,30H2,(H,33,39). The van der Waals surface area contributed by atoms with Gasteiger partial charge in [0.05, 0.1) is 36.3 Å². The molecule has 5 aliphatic rings. The normalized spacial score (nSPS) is 31.0. The largest absolute Gasteiger partial charge is 0.367 e. The number of rotatable bonds is 5. The zero-order valence-corrected chi connectivity index (χ0v) is 22.9. The molecule has 4 unspecified atom stereocenters. The van der Waals surface area contributed by atoms with Gasteiger partial charge in [-0.1, -0.05) is 0 Å². The van der Waals surface area contributed by atoms with Gasteiger partial charge >= 0.3 is 0 Å². The number of fused-ring (bicyclic) bond motifs is 1. The van der Waals surface area contributed by atoms with Gasteiger partial charge in [0.1, 0.15) is 11.9 Å². The second-order valence-electron chi connectivity index (χ2n) is 11.9.